The molecule has 0 spiro atoms. The van der Waals surface area contributed by atoms with E-state index in [1.54, 1.807) is 0 Å². The summed E-state index contributed by atoms with van der Waals surface area (Å²) in [5.41, 5.74) is 0. The third-order valence-corrected chi connectivity index (χ3v) is 2.94. The maximum absolute atomic E-state index is 11.1. The van der Waals surface area contributed by atoms with Crippen molar-refractivity contribution in [3.63, 3.8) is 0 Å². The van der Waals surface area contributed by atoms with Crippen LogP contribution in [0.15, 0.2) is 0 Å². The lowest BCUT2D eigenvalue weighted by Crippen LogP contribution is -2.25. The van der Waals surface area contributed by atoms with Crippen molar-refractivity contribution >= 4 is 5.97 Å². The van der Waals surface area contributed by atoms with Crippen LogP contribution < -0.4 is 0 Å². The fourth-order valence-electron chi connectivity index (χ4n) is 2.29. The van der Waals surface area contributed by atoms with Gasteiger partial charge >= 0.3 is 5.97 Å². The van der Waals surface area contributed by atoms with Crippen molar-refractivity contribution in [3.05, 3.63) is 0 Å². The maximum atomic E-state index is 11.1. The average Bonchev–Trinajstić information content (AvgIpc) is 2.16. The molecule has 0 aromatic heterocycles. The molecule has 0 aromatic rings. The summed E-state index contributed by atoms with van der Waals surface area (Å²) in [5, 5.41) is 0. The molecule has 3 unspecified atom stereocenters. The molecule has 2 heteroatoms. The Labute approximate surface area is 66.9 Å². The highest BCUT2D eigenvalue weighted by molar-refractivity contribution is 5.70. The van der Waals surface area contributed by atoms with Crippen LogP contribution in [-0.4, -0.2) is 12.1 Å². The Kier molecular flexibility index (Phi) is 1.63. The number of hydrogen-bond acceptors (Lipinski definition) is 2. The Hall–Kier alpha value is -0.530. The minimum Gasteiger partial charge on any atom is -0.462 e. The fraction of sp³-hybridized carbons (Fsp3) is 0.889. The third kappa shape index (κ3) is 1.26. The number of ether oxygens (including phenoxy) is 1. The van der Waals surface area contributed by atoms with E-state index in [2.05, 4.69) is 6.92 Å². The second-order valence-corrected chi connectivity index (χ2v) is 3.89. The fourth-order valence-corrected chi connectivity index (χ4v) is 2.29. The van der Waals surface area contributed by atoms with Crippen molar-refractivity contribution in [2.24, 2.45) is 11.8 Å². The Balaban J connectivity index is 2.16. The molecule has 0 amide bonds. The highest BCUT2D eigenvalue weighted by Crippen LogP contribution is 2.36. The van der Waals surface area contributed by atoms with Crippen LogP contribution in [0.25, 0.3) is 0 Å². The molecule has 3 aliphatic rings. The molecule has 1 aliphatic carbocycles. The topological polar surface area (TPSA) is 26.3 Å². The number of hydrogen-bond donors (Lipinski definition) is 0. The summed E-state index contributed by atoms with van der Waals surface area (Å²) in [5.74, 6) is 1.25. The summed E-state index contributed by atoms with van der Waals surface area (Å²) in [6, 6.07) is 0. The Morgan fingerprint density at radius 3 is 3.00 bits per heavy atom. The van der Waals surface area contributed by atoms with Crippen LogP contribution in [0.3, 0.4) is 0 Å². The first-order chi connectivity index (χ1) is 5.25. The SMILES string of the molecule is CC1CC2CCC1OC(=O)C2. The summed E-state index contributed by atoms with van der Waals surface area (Å²) in [6.45, 7) is 2.19. The number of carbonyl (C=O) groups excluding carboxylic acids is 1. The number of carbonyl (C=O) groups is 1. The molecule has 2 nitrogen and oxygen atoms in total. The molecule has 2 heterocycles. The van der Waals surface area contributed by atoms with E-state index in [1.165, 1.54) is 12.8 Å². The monoisotopic (exact) mass is 154 g/mol. The van der Waals surface area contributed by atoms with E-state index < -0.39 is 0 Å². The quantitative estimate of drug-likeness (QED) is 0.497. The van der Waals surface area contributed by atoms with E-state index in [4.69, 9.17) is 4.74 Å². The molecule has 3 atom stereocenters. The molecular weight excluding hydrogens is 140 g/mol. The minimum absolute atomic E-state index is 0.0295. The van der Waals surface area contributed by atoms with Gasteiger partial charge in [0.2, 0.25) is 0 Å². The van der Waals surface area contributed by atoms with Crippen LogP contribution in [0.5, 0.6) is 0 Å². The van der Waals surface area contributed by atoms with Gasteiger partial charge in [0, 0.05) is 6.42 Å². The van der Waals surface area contributed by atoms with Gasteiger partial charge in [-0.15, -0.1) is 0 Å². The van der Waals surface area contributed by atoms with E-state index in [1.807, 2.05) is 0 Å². The Bertz CT molecular complexity index is 176. The predicted molar refractivity (Wildman–Crippen MR) is 41.0 cm³/mol. The van der Waals surface area contributed by atoms with Crippen LogP contribution in [0.2, 0.25) is 0 Å². The van der Waals surface area contributed by atoms with Gasteiger partial charge in [-0.25, -0.2) is 0 Å². The van der Waals surface area contributed by atoms with E-state index >= 15 is 0 Å². The Morgan fingerprint density at radius 2 is 2.27 bits per heavy atom. The zero-order valence-electron chi connectivity index (χ0n) is 6.88. The predicted octanol–water partition coefficient (Wildman–Crippen LogP) is 1.74. The van der Waals surface area contributed by atoms with Gasteiger partial charge < -0.3 is 4.74 Å². The lowest BCUT2D eigenvalue weighted by atomic mass is 9.80. The second kappa shape index (κ2) is 2.50. The van der Waals surface area contributed by atoms with E-state index in [9.17, 15) is 4.79 Å². The number of esters is 1. The average molecular weight is 154 g/mol. The molecule has 11 heavy (non-hydrogen) atoms. The maximum Gasteiger partial charge on any atom is 0.306 e. The van der Waals surface area contributed by atoms with Gasteiger partial charge in [0.05, 0.1) is 0 Å². The van der Waals surface area contributed by atoms with Crippen molar-refractivity contribution in [2.45, 2.75) is 38.7 Å². The van der Waals surface area contributed by atoms with E-state index in [0.29, 0.717) is 18.3 Å². The van der Waals surface area contributed by atoms with Gasteiger partial charge in [-0.1, -0.05) is 6.92 Å². The first-order valence-corrected chi connectivity index (χ1v) is 4.45. The molecule has 2 bridgehead atoms. The third-order valence-electron chi connectivity index (χ3n) is 2.94. The normalized spacial score (nSPS) is 43.4. The molecular formula is C9H14O2. The van der Waals surface area contributed by atoms with Gasteiger partial charge in [-0.2, -0.15) is 0 Å². The minimum atomic E-state index is 0.0295. The summed E-state index contributed by atoms with van der Waals surface area (Å²) in [6.07, 6.45) is 4.39. The molecule has 2 saturated heterocycles. The summed E-state index contributed by atoms with van der Waals surface area (Å²) in [7, 11) is 0. The van der Waals surface area contributed by atoms with Crippen molar-refractivity contribution in [1.29, 1.82) is 0 Å². The zero-order chi connectivity index (χ0) is 7.84. The smallest absolute Gasteiger partial charge is 0.306 e. The van der Waals surface area contributed by atoms with Gasteiger partial charge in [-0.3, -0.25) is 4.79 Å². The number of rotatable bonds is 0. The molecule has 0 N–H and O–H groups in total. The van der Waals surface area contributed by atoms with Crippen LogP contribution in [0.4, 0.5) is 0 Å². The van der Waals surface area contributed by atoms with Gasteiger partial charge in [0.15, 0.2) is 0 Å². The van der Waals surface area contributed by atoms with Gasteiger partial charge in [0.1, 0.15) is 6.10 Å². The van der Waals surface area contributed by atoms with Crippen molar-refractivity contribution < 1.29 is 9.53 Å². The summed E-state index contributed by atoms with van der Waals surface area (Å²) < 4.78 is 5.28. The van der Waals surface area contributed by atoms with E-state index in [-0.39, 0.29) is 12.1 Å². The standard InChI is InChI=1S/C9H14O2/c1-6-4-7-2-3-8(6)11-9(10)5-7/h6-8H,2-5H2,1H3. The van der Waals surface area contributed by atoms with Crippen molar-refractivity contribution in [3.8, 4) is 0 Å². The Morgan fingerprint density at radius 1 is 1.45 bits per heavy atom. The van der Waals surface area contributed by atoms with Crippen LogP contribution >= 0.6 is 0 Å². The summed E-state index contributed by atoms with van der Waals surface area (Å²) >= 11 is 0. The zero-order valence-corrected chi connectivity index (χ0v) is 6.88. The first-order valence-electron chi connectivity index (χ1n) is 4.45. The largest absolute Gasteiger partial charge is 0.462 e. The van der Waals surface area contributed by atoms with Gasteiger partial charge in [-0.05, 0) is 31.1 Å². The van der Waals surface area contributed by atoms with Crippen molar-refractivity contribution in [2.75, 3.05) is 0 Å². The molecule has 1 saturated carbocycles. The first kappa shape index (κ1) is 7.14. The molecule has 3 rings (SSSR count). The van der Waals surface area contributed by atoms with E-state index in [0.717, 1.165) is 6.42 Å². The second-order valence-electron chi connectivity index (χ2n) is 3.89. The van der Waals surface area contributed by atoms with Crippen LogP contribution in [0.1, 0.15) is 32.6 Å². The molecule has 0 radical (unpaired) electrons. The number of fused-ring (bicyclic) bond motifs is 4. The lowest BCUT2D eigenvalue weighted by Gasteiger charge is -2.27. The highest BCUT2D eigenvalue weighted by Gasteiger charge is 2.35. The van der Waals surface area contributed by atoms with Crippen molar-refractivity contribution in [1.82, 2.24) is 0 Å². The van der Waals surface area contributed by atoms with Crippen LogP contribution in [0, 0.1) is 11.8 Å². The molecule has 2 aliphatic heterocycles. The molecule has 3 fully saturated rings. The van der Waals surface area contributed by atoms with Gasteiger partial charge in [0.25, 0.3) is 0 Å². The lowest BCUT2D eigenvalue weighted by molar-refractivity contribution is -0.148. The van der Waals surface area contributed by atoms with Crippen LogP contribution in [-0.2, 0) is 9.53 Å². The summed E-state index contributed by atoms with van der Waals surface area (Å²) in [4.78, 5) is 11.1. The highest BCUT2D eigenvalue weighted by atomic mass is 16.5. The molecule has 0 aromatic carbocycles. The molecule has 62 valence electrons.